The van der Waals surface area contributed by atoms with Gasteiger partial charge in [-0.3, -0.25) is 0 Å². The normalized spacial score (nSPS) is 23.4. The van der Waals surface area contributed by atoms with E-state index in [9.17, 15) is 0 Å². The van der Waals surface area contributed by atoms with E-state index in [1.165, 1.54) is 55.2 Å². The Bertz CT molecular complexity index is 455. The lowest BCUT2D eigenvalue weighted by Crippen LogP contribution is -2.43. The van der Waals surface area contributed by atoms with Crippen molar-refractivity contribution in [3.05, 3.63) is 28.8 Å². The van der Waals surface area contributed by atoms with Gasteiger partial charge >= 0.3 is 0 Å². The molecule has 2 heteroatoms. The van der Waals surface area contributed by atoms with Crippen LogP contribution in [0.1, 0.15) is 62.1 Å². The Morgan fingerprint density at radius 3 is 2.48 bits per heavy atom. The van der Waals surface area contributed by atoms with Crippen LogP contribution in [0, 0.1) is 20.8 Å². The molecule has 0 aliphatic heterocycles. The molecule has 1 saturated carbocycles. The van der Waals surface area contributed by atoms with E-state index in [1.54, 1.807) is 0 Å². The fourth-order valence-electron chi connectivity index (χ4n) is 3.37. The minimum atomic E-state index is 0.310. The lowest BCUT2D eigenvalue weighted by atomic mass is 9.94. The lowest BCUT2D eigenvalue weighted by Gasteiger charge is -2.31. The van der Waals surface area contributed by atoms with Crippen molar-refractivity contribution in [3.63, 3.8) is 0 Å². The molecule has 2 atom stereocenters. The molecule has 0 radical (unpaired) electrons. The van der Waals surface area contributed by atoms with Crippen LogP contribution in [-0.2, 0) is 0 Å². The molecule has 1 aliphatic carbocycles. The van der Waals surface area contributed by atoms with E-state index < -0.39 is 0 Å². The smallest absolute Gasteiger partial charge is 0.123 e. The van der Waals surface area contributed by atoms with Gasteiger partial charge in [0.15, 0.2) is 0 Å². The van der Waals surface area contributed by atoms with Crippen LogP contribution in [0.4, 0.5) is 0 Å². The summed E-state index contributed by atoms with van der Waals surface area (Å²) in [6.45, 7) is 9.72. The predicted molar refractivity (Wildman–Crippen MR) is 90.2 cm³/mol. The van der Waals surface area contributed by atoms with E-state index in [0.717, 1.165) is 12.3 Å². The molecular weight excluding hydrogens is 258 g/mol. The second-order valence-electron chi connectivity index (χ2n) is 6.52. The van der Waals surface area contributed by atoms with Gasteiger partial charge < -0.3 is 10.1 Å². The van der Waals surface area contributed by atoms with Crippen LogP contribution in [0.3, 0.4) is 0 Å². The summed E-state index contributed by atoms with van der Waals surface area (Å²) in [6, 6.07) is 4.93. The SMILES string of the molecule is CCNC1CCCCCCC1Oc1cc(C)cc(C)c1C. The zero-order chi connectivity index (χ0) is 15.2. The molecule has 1 aromatic carbocycles. The van der Waals surface area contributed by atoms with Gasteiger partial charge in [0.05, 0.1) is 0 Å². The molecule has 1 aromatic rings. The summed E-state index contributed by atoms with van der Waals surface area (Å²) in [7, 11) is 0. The van der Waals surface area contributed by atoms with Crippen molar-refractivity contribution in [1.29, 1.82) is 0 Å². The van der Waals surface area contributed by atoms with Crippen molar-refractivity contribution in [2.24, 2.45) is 0 Å². The maximum Gasteiger partial charge on any atom is 0.123 e. The molecule has 2 unspecified atom stereocenters. The molecule has 2 nitrogen and oxygen atoms in total. The number of likely N-dealkylation sites (N-methyl/N-ethyl adjacent to an activating group) is 1. The van der Waals surface area contributed by atoms with Gasteiger partial charge in [0.2, 0.25) is 0 Å². The standard InChI is InChI=1S/C19H31NO/c1-5-20-17-10-8-6-7-9-11-18(17)21-19-13-14(2)12-15(3)16(19)4/h12-13,17-18,20H,5-11H2,1-4H3. The van der Waals surface area contributed by atoms with Gasteiger partial charge in [-0.15, -0.1) is 0 Å². The molecule has 0 spiro atoms. The van der Waals surface area contributed by atoms with Crippen molar-refractivity contribution in [3.8, 4) is 5.75 Å². The summed E-state index contributed by atoms with van der Waals surface area (Å²) in [5.41, 5.74) is 3.91. The van der Waals surface area contributed by atoms with Crippen LogP contribution in [0.25, 0.3) is 0 Å². The van der Waals surface area contributed by atoms with Gasteiger partial charge in [0.25, 0.3) is 0 Å². The Hall–Kier alpha value is -1.02. The van der Waals surface area contributed by atoms with Crippen LogP contribution >= 0.6 is 0 Å². The maximum absolute atomic E-state index is 6.49. The summed E-state index contributed by atoms with van der Waals surface area (Å²) in [5, 5.41) is 3.65. The van der Waals surface area contributed by atoms with E-state index in [0.29, 0.717) is 12.1 Å². The third-order valence-electron chi connectivity index (χ3n) is 4.71. The Morgan fingerprint density at radius 2 is 1.76 bits per heavy atom. The Morgan fingerprint density at radius 1 is 1.05 bits per heavy atom. The predicted octanol–water partition coefficient (Wildman–Crippen LogP) is 4.69. The fraction of sp³-hybridized carbons (Fsp3) is 0.684. The van der Waals surface area contributed by atoms with Crippen molar-refractivity contribution in [2.45, 2.75) is 78.4 Å². The van der Waals surface area contributed by atoms with Crippen LogP contribution in [0.2, 0.25) is 0 Å². The number of ether oxygens (including phenoxy) is 1. The number of hydrogen-bond acceptors (Lipinski definition) is 2. The number of nitrogens with one attached hydrogen (secondary N) is 1. The third kappa shape index (κ3) is 4.47. The second kappa shape index (κ2) is 7.84. The maximum atomic E-state index is 6.49. The van der Waals surface area contributed by atoms with Gasteiger partial charge in [0.1, 0.15) is 11.9 Å². The number of aryl methyl sites for hydroxylation is 2. The van der Waals surface area contributed by atoms with Crippen LogP contribution in [0.5, 0.6) is 5.75 Å². The highest BCUT2D eigenvalue weighted by molar-refractivity contribution is 5.42. The Labute approximate surface area is 130 Å². The van der Waals surface area contributed by atoms with E-state index in [1.807, 2.05) is 0 Å². The lowest BCUT2D eigenvalue weighted by molar-refractivity contribution is 0.127. The molecule has 0 aromatic heterocycles. The third-order valence-corrected chi connectivity index (χ3v) is 4.71. The highest BCUT2D eigenvalue weighted by Gasteiger charge is 2.24. The molecule has 2 rings (SSSR count). The molecule has 1 fully saturated rings. The van der Waals surface area contributed by atoms with E-state index >= 15 is 0 Å². The molecule has 0 bridgehead atoms. The summed E-state index contributed by atoms with van der Waals surface area (Å²) in [5.74, 6) is 1.08. The van der Waals surface area contributed by atoms with E-state index in [4.69, 9.17) is 4.74 Å². The first-order chi connectivity index (χ1) is 10.1. The molecule has 0 heterocycles. The van der Waals surface area contributed by atoms with Crippen LogP contribution in [-0.4, -0.2) is 18.7 Å². The summed E-state index contributed by atoms with van der Waals surface area (Å²) in [6.07, 6.45) is 8.05. The molecule has 1 aliphatic rings. The van der Waals surface area contributed by atoms with E-state index in [-0.39, 0.29) is 0 Å². The van der Waals surface area contributed by atoms with Gasteiger partial charge in [-0.05, 0) is 69.3 Å². The van der Waals surface area contributed by atoms with Crippen molar-refractivity contribution >= 4 is 0 Å². The molecule has 118 valence electrons. The molecule has 21 heavy (non-hydrogen) atoms. The first-order valence-corrected chi connectivity index (χ1v) is 8.59. The first-order valence-electron chi connectivity index (χ1n) is 8.59. The molecular formula is C19H31NO. The zero-order valence-electron chi connectivity index (χ0n) is 14.2. The van der Waals surface area contributed by atoms with Gasteiger partial charge in [-0.1, -0.05) is 32.3 Å². The Balaban J connectivity index is 2.16. The first kappa shape index (κ1) is 16.4. The average Bonchev–Trinajstić information content (AvgIpc) is 2.42. The summed E-state index contributed by atoms with van der Waals surface area (Å²) in [4.78, 5) is 0. The molecule has 0 amide bonds. The summed E-state index contributed by atoms with van der Waals surface area (Å²) < 4.78 is 6.49. The second-order valence-corrected chi connectivity index (χ2v) is 6.52. The highest BCUT2D eigenvalue weighted by atomic mass is 16.5. The minimum Gasteiger partial charge on any atom is -0.489 e. The van der Waals surface area contributed by atoms with Gasteiger partial charge in [-0.2, -0.15) is 0 Å². The minimum absolute atomic E-state index is 0.310. The van der Waals surface area contributed by atoms with Gasteiger partial charge in [-0.25, -0.2) is 0 Å². The van der Waals surface area contributed by atoms with Crippen molar-refractivity contribution in [2.75, 3.05) is 6.54 Å². The zero-order valence-corrected chi connectivity index (χ0v) is 14.2. The van der Waals surface area contributed by atoms with Crippen LogP contribution in [0.15, 0.2) is 12.1 Å². The topological polar surface area (TPSA) is 21.3 Å². The molecule has 1 N–H and O–H groups in total. The average molecular weight is 289 g/mol. The fourth-order valence-corrected chi connectivity index (χ4v) is 3.37. The summed E-state index contributed by atoms with van der Waals surface area (Å²) >= 11 is 0. The number of rotatable bonds is 4. The van der Waals surface area contributed by atoms with E-state index in [2.05, 4.69) is 45.1 Å². The van der Waals surface area contributed by atoms with Crippen molar-refractivity contribution in [1.82, 2.24) is 5.32 Å². The quantitative estimate of drug-likeness (QED) is 0.868. The van der Waals surface area contributed by atoms with Crippen molar-refractivity contribution < 1.29 is 4.74 Å². The monoisotopic (exact) mass is 289 g/mol. The number of hydrogen-bond donors (Lipinski definition) is 1. The molecule has 0 saturated heterocycles. The highest BCUT2D eigenvalue weighted by Crippen LogP contribution is 2.28. The Kier molecular flexibility index (Phi) is 6.10. The number of benzene rings is 1. The van der Waals surface area contributed by atoms with Crippen LogP contribution < -0.4 is 10.1 Å². The largest absolute Gasteiger partial charge is 0.489 e. The van der Waals surface area contributed by atoms with Gasteiger partial charge in [0, 0.05) is 6.04 Å².